The standard InChI is InChI=1S/C24H34N4O4S/c1-6-27(18(4)5)17-19-12-14-20(15-13-19)23(29)25-26-24(30)21-10-9-11-22(16-21)33(31,32)28(7-2)8-3/h9-16,18H,6-8,17H2,1-5H3,(H,25,29)(H,26,30). The molecule has 0 aromatic heterocycles. The van der Waals surface area contributed by atoms with Crippen LogP contribution in [-0.4, -0.2) is 55.1 Å². The molecule has 2 amide bonds. The molecule has 8 nitrogen and oxygen atoms in total. The molecule has 0 saturated heterocycles. The fourth-order valence-electron chi connectivity index (χ4n) is 3.42. The summed E-state index contributed by atoms with van der Waals surface area (Å²) in [6, 6.07) is 13.4. The monoisotopic (exact) mass is 474 g/mol. The molecular formula is C24H34N4O4S. The molecule has 2 N–H and O–H groups in total. The fraction of sp³-hybridized carbons (Fsp3) is 0.417. The van der Waals surface area contributed by atoms with Crippen LogP contribution in [0.1, 0.15) is 60.9 Å². The molecule has 0 saturated carbocycles. The number of hydrazine groups is 1. The minimum atomic E-state index is -3.69. The van der Waals surface area contributed by atoms with Crippen LogP contribution in [0.3, 0.4) is 0 Å². The molecule has 0 radical (unpaired) electrons. The lowest BCUT2D eigenvalue weighted by atomic mass is 10.1. The maximum absolute atomic E-state index is 12.7. The van der Waals surface area contributed by atoms with Crippen molar-refractivity contribution in [2.45, 2.75) is 52.1 Å². The Hall–Kier alpha value is -2.75. The van der Waals surface area contributed by atoms with Crippen molar-refractivity contribution in [1.29, 1.82) is 0 Å². The van der Waals surface area contributed by atoms with Crippen LogP contribution < -0.4 is 10.9 Å². The summed E-state index contributed by atoms with van der Waals surface area (Å²) in [7, 11) is -3.69. The van der Waals surface area contributed by atoms with E-state index in [-0.39, 0.29) is 10.5 Å². The van der Waals surface area contributed by atoms with E-state index in [1.807, 2.05) is 12.1 Å². The number of nitrogens with zero attached hydrogens (tertiary/aromatic N) is 2. The number of carbonyl (C=O) groups is 2. The van der Waals surface area contributed by atoms with E-state index in [0.29, 0.717) is 24.7 Å². The summed E-state index contributed by atoms with van der Waals surface area (Å²) in [5, 5.41) is 0. The van der Waals surface area contributed by atoms with Gasteiger partial charge in [0.15, 0.2) is 0 Å². The zero-order chi connectivity index (χ0) is 24.6. The van der Waals surface area contributed by atoms with Crippen molar-refractivity contribution in [3.8, 4) is 0 Å². The minimum absolute atomic E-state index is 0.0308. The Balaban J connectivity index is 2.03. The van der Waals surface area contributed by atoms with Gasteiger partial charge in [0.05, 0.1) is 4.90 Å². The van der Waals surface area contributed by atoms with E-state index in [4.69, 9.17) is 0 Å². The molecular weight excluding hydrogens is 440 g/mol. The summed E-state index contributed by atoms with van der Waals surface area (Å²) in [6.07, 6.45) is 0. The van der Waals surface area contributed by atoms with Gasteiger partial charge in [-0.1, -0.05) is 39.0 Å². The van der Waals surface area contributed by atoms with Gasteiger partial charge in [0.1, 0.15) is 0 Å². The van der Waals surface area contributed by atoms with Crippen LogP contribution in [-0.2, 0) is 16.6 Å². The van der Waals surface area contributed by atoms with Gasteiger partial charge in [-0.05, 0) is 56.3 Å². The Morgan fingerprint density at radius 1 is 0.848 bits per heavy atom. The first-order valence-corrected chi connectivity index (χ1v) is 12.6. The molecule has 0 aliphatic carbocycles. The number of rotatable bonds is 10. The van der Waals surface area contributed by atoms with E-state index in [1.165, 1.54) is 28.6 Å². The predicted molar refractivity (Wildman–Crippen MR) is 129 cm³/mol. The number of amides is 2. The number of carbonyl (C=O) groups excluding carboxylic acids is 2. The molecule has 0 spiro atoms. The highest BCUT2D eigenvalue weighted by Gasteiger charge is 2.22. The molecule has 2 aromatic rings. The van der Waals surface area contributed by atoms with Crippen LogP contribution >= 0.6 is 0 Å². The summed E-state index contributed by atoms with van der Waals surface area (Å²) in [4.78, 5) is 27.3. The van der Waals surface area contributed by atoms with Crippen molar-refractivity contribution in [3.05, 3.63) is 65.2 Å². The van der Waals surface area contributed by atoms with Crippen LogP contribution in [0.25, 0.3) is 0 Å². The molecule has 0 heterocycles. The quantitative estimate of drug-likeness (QED) is 0.516. The number of sulfonamides is 1. The second-order valence-electron chi connectivity index (χ2n) is 7.88. The van der Waals surface area contributed by atoms with Gasteiger partial charge in [-0.25, -0.2) is 8.42 Å². The molecule has 2 aromatic carbocycles. The lowest BCUT2D eigenvalue weighted by Gasteiger charge is -2.24. The topological polar surface area (TPSA) is 98.8 Å². The van der Waals surface area contributed by atoms with Crippen LogP contribution in [0.4, 0.5) is 0 Å². The average molecular weight is 475 g/mol. The second-order valence-corrected chi connectivity index (χ2v) is 9.82. The van der Waals surface area contributed by atoms with Crippen LogP contribution in [0.2, 0.25) is 0 Å². The lowest BCUT2D eigenvalue weighted by Crippen LogP contribution is -2.41. The molecule has 9 heteroatoms. The third-order valence-electron chi connectivity index (χ3n) is 5.47. The Bertz CT molecular complexity index is 1050. The average Bonchev–Trinajstić information content (AvgIpc) is 2.81. The van der Waals surface area contributed by atoms with Gasteiger partial charge in [-0.3, -0.25) is 25.3 Å². The first-order valence-electron chi connectivity index (χ1n) is 11.2. The number of nitrogens with one attached hydrogen (secondary N) is 2. The molecule has 0 aliphatic heterocycles. The number of hydrogen-bond donors (Lipinski definition) is 2. The maximum atomic E-state index is 12.7. The Morgan fingerprint density at radius 3 is 1.94 bits per heavy atom. The van der Waals surface area contributed by atoms with Gasteiger partial charge < -0.3 is 0 Å². The highest BCUT2D eigenvalue weighted by Crippen LogP contribution is 2.17. The molecule has 2 rings (SSSR count). The molecule has 0 aliphatic rings. The van der Waals surface area contributed by atoms with E-state index in [1.54, 1.807) is 26.0 Å². The van der Waals surface area contributed by atoms with Gasteiger partial charge in [0.25, 0.3) is 11.8 Å². The first kappa shape index (κ1) is 26.5. The van der Waals surface area contributed by atoms with Crippen LogP contribution in [0, 0.1) is 0 Å². The first-order chi connectivity index (χ1) is 15.6. The van der Waals surface area contributed by atoms with E-state index in [2.05, 4.69) is 36.5 Å². The number of benzene rings is 2. The summed E-state index contributed by atoms with van der Waals surface area (Å²) in [5.74, 6) is -1.06. The van der Waals surface area contributed by atoms with Gasteiger partial charge in [-0.15, -0.1) is 0 Å². The Kier molecular flexibility index (Phi) is 9.57. The summed E-state index contributed by atoms with van der Waals surface area (Å²) < 4.78 is 26.7. The van der Waals surface area contributed by atoms with Crippen molar-refractivity contribution in [3.63, 3.8) is 0 Å². The van der Waals surface area contributed by atoms with Gasteiger partial charge in [-0.2, -0.15) is 4.31 Å². The third-order valence-corrected chi connectivity index (χ3v) is 7.51. The van der Waals surface area contributed by atoms with E-state index < -0.39 is 21.8 Å². The van der Waals surface area contributed by atoms with E-state index in [9.17, 15) is 18.0 Å². The minimum Gasteiger partial charge on any atom is -0.297 e. The highest BCUT2D eigenvalue weighted by molar-refractivity contribution is 7.89. The Labute approximate surface area is 197 Å². The van der Waals surface area contributed by atoms with E-state index in [0.717, 1.165) is 18.7 Å². The Morgan fingerprint density at radius 2 is 1.42 bits per heavy atom. The predicted octanol–water partition coefficient (Wildman–Crippen LogP) is 3.02. The summed E-state index contributed by atoms with van der Waals surface area (Å²) >= 11 is 0. The molecule has 0 atom stereocenters. The van der Waals surface area contributed by atoms with Crippen LogP contribution in [0.5, 0.6) is 0 Å². The summed E-state index contributed by atoms with van der Waals surface area (Å²) in [6.45, 7) is 12.3. The maximum Gasteiger partial charge on any atom is 0.269 e. The van der Waals surface area contributed by atoms with E-state index >= 15 is 0 Å². The summed E-state index contributed by atoms with van der Waals surface area (Å²) in [5.41, 5.74) is 6.36. The smallest absolute Gasteiger partial charge is 0.269 e. The molecule has 33 heavy (non-hydrogen) atoms. The molecule has 0 fully saturated rings. The third kappa shape index (κ3) is 6.86. The molecule has 0 unspecified atom stereocenters. The van der Waals surface area contributed by atoms with Crippen LogP contribution in [0.15, 0.2) is 53.4 Å². The SMILES string of the molecule is CCN(Cc1ccc(C(=O)NNC(=O)c2cccc(S(=O)(=O)N(CC)CC)c2)cc1)C(C)C. The van der Waals surface area contributed by atoms with Crippen molar-refractivity contribution < 1.29 is 18.0 Å². The van der Waals surface area contributed by atoms with Gasteiger partial charge in [0.2, 0.25) is 10.0 Å². The second kappa shape index (κ2) is 11.9. The van der Waals surface area contributed by atoms with Crippen molar-refractivity contribution in [2.75, 3.05) is 19.6 Å². The van der Waals surface area contributed by atoms with Gasteiger partial charge in [0, 0.05) is 36.8 Å². The molecule has 0 bridgehead atoms. The van der Waals surface area contributed by atoms with Crippen molar-refractivity contribution in [2.24, 2.45) is 0 Å². The number of hydrogen-bond acceptors (Lipinski definition) is 5. The van der Waals surface area contributed by atoms with Crippen molar-refractivity contribution >= 4 is 21.8 Å². The largest absolute Gasteiger partial charge is 0.297 e. The van der Waals surface area contributed by atoms with Gasteiger partial charge >= 0.3 is 0 Å². The normalized spacial score (nSPS) is 11.8. The molecule has 180 valence electrons. The fourth-order valence-corrected chi connectivity index (χ4v) is 4.93. The zero-order valence-electron chi connectivity index (χ0n) is 20.0. The lowest BCUT2D eigenvalue weighted by molar-refractivity contribution is 0.0846. The van der Waals surface area contributed by atoms with Crippen molar-refractivity contribution in [1.82, 2.24) is 20.1 Å². The highest BCUT2D eigenvalue weighted by atomic mass is 32.2. The zero-order valence-corrected chi connectivity index (χ0v) is 20.8.